The molecule has 1 fully saturated rings. The first kappa shape index (κ1) is 17.4. The fourth-order valence-corrected chi connectivity index (χ4v) is 3.41. The summed E-state index contributed by atoms with van der Waals surface area (Å²) < 4.78 is 28.1. The molecule has 2 N–H and O–H groups in total. The zero-order valence-electron chi connectivity index (χ0n) is 13.6. The lowest BCUT2D eigenvalue weighted by Gasteiger charge is -2.38. The molecule has 1 heterocycles. The van der Waals surface area contributed by atoms with Crippen LogP contribution in [0.4, 0.5) is 0 Å². The average Bonchev–Trinajstić information content (AvgIpc) is 2.42. The van der Waals surface area contributed by atoms with Crippen LogP contribution >= 0.6 is 0 Å². The molecule has 1 saturated heterocycles. The number of hydrogen-bond acceptors (Lipinski definition) is 4. The molecule has 124 valence electrons. The van der Waals surface area contributed by atoms with E-state index in [0.29, 0.717) is 19.1 Å². The van der Waals surface area contributed by atoms with Gasteiger partial charge in [0.25, 0.3) is 0 Å². The molecule has 0 aromatic heterocycles. The third-order valence-corrected chi connectivity index (χ3v) is 5.08. The number of rotatable bonds is 5. The van der Waals surface area contributed by atoms with Crippen molar-refractivity contribution in [1.29, 1.82) is 0 Å². The number of aryl methyl sites for hydroxylation is 2. The fraction of sp³-hybridized carbons (Fsp3) is 0.625. The third-order valence-electron chi connectivity index (χ3n) is 4.22. The van der Waals surface area contributed by atoms with Crippen molar-refractivity contribution in [2.75, 3.05) is 25.4 Å². The van der Waals surface area contributed by atoms with Crippen molar-refractivity contribution in [3.63, 3.8) is 0 Å². The van der Waals surface area contributed by atoms with Crippen LogP contribution in [0.5, 0.6) is 0 Å². The van der Waals surface area contributed by atoms with Crippen molar-refractivity contribution >= 4 is 10.0 Å². The highest BCUT2D eigenvalue weighted by Gasteiger charge is 2.27. The molecule has 1 aliphatic rings. The smallest absolute Gasteiger partial charge is 0.209 e. The first-order valence-corrected chi connectivity index (χ1v) is 9.41. The van der Waals surface area contributed by atoms with Crippen LogP contribution in [0, 0.1) is 13.8 Å². The Balaban J connectivity index is 2.02. The second-order valence-electron chi connectivity index (χ2n) is 6.25. The zero-order chi connectivity index (χ0) is 16.3. The predicted molar refractivity (Wildman–Crippen MR) is 88.2 cm³/mol. The summed E-state index contributed by atoms with van der Waals surface area (Å²) in [7, 11) is -3.38. The number of morpholine rings is 1. The number of sulfonamides is 1. The van der Waals surface area contributed by atoms with E-state index in [1.54, 1.807) is 0 Å². The van der Waals surface area contributed by atoms with Gasteiger partial charge in [0.15, 0.2) is 0 Å². The Morgan fingerprint density at radius 3 is 2.77 bits per heavy atom. The first-order valence-electron chi connectivity index (χ1n) is 7.69. The van der Waals surface area contributed by atoms with Crippen LogP contribution < -0.4 is 5.14 Å². The van der Waals surface area contributed by atoms with Crippen molar-refractivity contribution in [2.45, 2.75) is 39.3 Å². The van der Waals surface area contributed by atoms with Gasteiger partial charge in [0.1, 0.15) is 0 Å². The van der Waals surface area contributed by atoms with E-state index in [-0.39, 0.29) is 11.9 Å². The Labute approximate surface area is 133 Å². The van der Waals surface area contributed by atoms with E-state index in [4.69, 9.17) is 9.88 Å². The van der Waals surface area contributed by atoms with E-state index in [1.807, 2.05) is 0 Å². The van der Waals surface area contributed by atoms with Crippen LogP contribution in [-0.4, -0.2) is 44.8 Å². The van der Waals surface area contributed by atoms with Crippen molar-refractivity contribution in [3.8, 4) is 0 Å². The van der Waals surface area contributed by atoms with E-state index in [1.165, 1.54) is 16.7 Å². The summed E-state index contributed by atoms with van der Waals surface area (Å²) >= 11 is 0. The third kappa shape index (κ3) is 4.78. The van der Waals surface area contributed by atoms with Gasteiger partial charge in [-0.1, -0.05) is 23.8 Å². The topological polar surface area (TPSA) is 72.6 Å². The molecule has 0 bridgehead atoms. The summed E-state index contributed by atoms with van der Waals surface area (Å²) in [6.45, 7) is 8.46. The average molecular weight is 326 g/mol. The number of nitrogens with two attached hydrogens (primary N) is 1. The molecular formula is C16H26N2O3S. The summed E-state index contributed by atoms with van der Waals surface area (Å²) in [6, 6.07) is 6.70. The van der Waals surface area contributed by atoms with Gasteiger partial charge in [-0.05, 0) is 44.9 Å². The monoisotopic (exact) mass is 326 g/mol. The van der Waals surface area contributed by atoms with Gasteiger partial charge in [0.2, 0.25) is 10.0 Å². The molecule has 0 saturated carbocycles. The van der Waals surface area contributed by atoms with E-state index in [2.05, 4.69) is 43.9 Å². The van der Waals surface area contributed by atoms with E-state index in [9.17, 15) is 8.42 Å². The second-order valence-corrected chi connectivity index (χ2v) is 7.98. The number of nitrogens with zero attached hydrogens (tertiary/aromatic N) is 1. The van der Waals surface area contributed by atoms with Gasteiger partial charge in [-0.2, -0.15) is 0 Å². The second kappa shape index (κ2) is 7.08. The van der Waals surface area contributed by atoms with Crippen molar-refractivity contribution < 1.29 is 13.2 Å². The Morgan fingerprint density at radius 1 is 1.36 bits per heavy atom. The van der Waals surface area contributed by atoms with Crippen molar-refractivity contribution in [2.24, 2.45) is 5.14 Å². The summed E-state index contributed by atoms with van der Waals surface area (Å²) in [5.74, 6) is 0.0330. The predicted octanol–water partition coefficient (Wildman–Crippen LogP) is 1.74. The summed E-state index contributed by atoms with van der Waals surface area (Å²) in [4.78, 5) is 2.29. The molecule has 1 aromatic carbocycles. The molecular weight excluding hydrogens is 300 g/mol. The lowest BCUT2D eigenvalue weighted by molar-refractivity contribution is -0.0600. The molecule has 0 radical (unpaired) electrons. The van der Waals surface area contributed by atoms with Gasteiger partial charge in [-0.25, -0.2) is 13.6 Å². The zero-order valence-corrected chi connectivity index (χ0v) is 14.4. The van der Waals surface area contributed by atoms with Crippen LogP contribution in [0.3, 0.4) is 0 Å². The van der Waals surface area contributed by atoms with Gasteiger partial charge >= 0.3 is 0 Å². The normalized spacial score (nSPS) is 23.6. The Bertz CT molecular complexity index is 616. The molecule has 6 heteroatoms. The molecule has 0 amide bonds. The highest BCUT2D eigenvalue weighted by atomic mass is 32.2. The van der Waals surface area contributed by atoms with Crippen molar-refractivity contribution in [1.82, 2.24) is 4.90 Å². The number of ether oxygens (including phenoxy) is 1. The summed E-state index contributed by atoms with van der Waals surface area (Å²) in [5, 5.41) is 5.07. The summed E-state index contributed by atoms with van der Waals surface area (Å²) in [5.41, 5.74) is 3.68. The van der Waals surface area contributed by atoms with Gasteiger partial charge in [0.05, 0.1) is 18.5 Å². The standard InChI is InChI=1S/C16H26N2O3S/c1-12-5-6-13(2)15(9-12)16-10-18(14(3)11-21-16)7-4-8-22(17,19)20/h5-6,9,14,16H,4,7-8,10-11H2,1-3H3,(H2,17,19,20)/t14-,16-/m0/s1. The minimum absolute atomic E-state index is 0.0330. The minimum Gasteiger partial charge on any atom is -0.371 e. The highest BCUT2D eigenvalue weighted by Crippen LogP contribution is 2.28. The molecule has 22 heavy (non-hydrogen) atoms. The minimum atomic E-state index is -3.38. The van der Waals surface area contributed by atoms with Crippen LogP contribution in [0.2, 0.25) is 0 Å². The maximum atomic E-state index is 11.1. The van der Waals surface area contributed by atoms with Crippen LogP contribution in [0.25, 0.3) is 0 Å². The van der Waals surface area contributed by atoms with Crippen LogP contribution in [-0.2, 0) is 14.8 Å². The Kier molecular flexibility index (Phi) is 5.60. The van der Waals surface area contributed by atoms with Gasteiger partial charge in [0, 0.05) is 12.6 Å². The SMILES string of the molecule is Cc1ccc(C)c([C@@H]2CN(CCCS(N)(=O)=O)[C@@H](C)CO2)c1. The summed E-state index contributed by atoms with van der Waals surface area (Å²) in [6.07, 6.45) is 0.605. The lowest BCUT2D eigenvalue weighted by atomic mass is 9.99. The maximum absolute atomic E-state index is 11.1. The molecule has 2 rings (SSSR count). The largest absolute Gasteiger partial charge is 0.371 e. The molecule has 5 nitrogen and oxygen atoms in total. The van der Waals surface area contributed by atoms with E-state index in [0.717, 1.165) is 13.1 Å². The number of hydrogen-bond donors (Lipinski definition) is 1. The Hall–Kier alpha value is -0.950. The molecule has 0 unspecified atom stereocenters. The first-order chi connectivity index (χ1) is 10.3. The van der Waals surface area contributed by atoms with Crippen LogP contribution in [0.15, 0.2) is 18.2 Å². The van der Waals surface area contributed by atoms with Gasteiger partial charge in [-0.15, -0.1) is 0 Å². The molecule has 2 atom stereocenters. The molecule has 1 aliphatic heterocycles. The lowest BCUT2D eigenvalue weighted by Crippen LogP contribution is -2.45. The Morgan fingerprint density at radius 2 is 2.09 bits per heavy atom. The number of benzene rings is 1. The fourth-order valence-electron chi connectivity index (χ4n) is 2.88. The maximum Gasteiger partial charge on any atom is 0.209 e. The van der Waals surface area contributed by atoms with Crippen LogP contribution in [0.1, 0.15) is 36.1 Å². The van der Waals surface area contributed by atoms with E-state index < -0.39 is 10.0 Å². The van der Waals surface area contributed by atoms with Crippen molar-refractivity contribution in [3.05, 3.63) is 34.9 Å². The number of primary sulfonamides is 1. The van der Waals surface area contributed by atoms with Gasteiger partial charge < -0.3 is 4.74 Å². The molecule has 0 aliphatic carbocycles. The highest BCUT2D eigenvalue weighted by molar-refractivity contribution is 7.89. The molecule has 1 aromatic rings. The van der Waals surface area contributed by atoms with Gasteiger partial charge in [-0.3, -0.25) is 4.90 Å². The quantitative estimate of drug-likeness (QED) is 0.894. The molecule has 0 spiro atoms. The van der Waals surface area contributed by atoms with E-state index >= 15 is 0 Å².